The molecule has 0 saturated carbocycles. The Bertz CT molecular complexity index is 526. The molecule has 0 aromatic heterocycles. The number of rotatable bonds is 2. The van der Waals surface area contributed by atoms with Gasteiger partial charge in [-0.1, -0.05) is 0 Å². The Labute approximate surface area is 117 Å². The van der Waals surface area contributed by atoms with Gasteiger partial charge in [0.25, 0.3) is 5.91 Å². The standard InChI is InChI=1S/C14H19N3O3/c1-8-11(5-13(19)15-8)16-4-3-10(7-16)17-9(2)12(18)6-14(17)20/h5-6,8-10,18H,3-4,7H2,1-2H3,(H,15,19)/t8-,9-,10-/m0/s1. The quantitative estimate of drug-likeness (QED) is 0.753. The molecule has 1 fully saturated rings. The Morgan fingerprint density at radius 2 is 2.05 bits per heavy atom. The van der Waals surface area contributed by atoms with E-state index in [4.69, 9.17) is 0 Å². The lowest BCUT2D eigenvalue weighted by atomic mass is 10.2. The number of nitrogens with zero attached hydrogens (tertiary/aromatic N) is 2. The second-order valence-electron chi connectivity index (χ2n) is 5.68. The van der Waals surface area contributed by atoms with Crippen molar-refractivity contribution in [2.24, 2.45) is 0 Å². The molecule has 3 heterocycles. The average molecular weight is 277 g/mol. The summed E-state index contributed by atoms with van der Waals surface area (Å²) in [6.07, 6.45) is 3.79. The van der Waals surface area contributed by atoms with Crippen molar-refractivity contribution in [3.05, 3.63) is 23.6 Å². The molecule has 0 unspecified atom stereocenters. The van der Waals surface area contributed by atoms with Crippen LogP contribution in [0, 0.1) is 0 Å². The molecule has 3 aliphatic rings. The summed E-state index contributed by atoms with van der Waals surface area (Å²) >= 11 is 0. The largest absolute Gasteiger partial charge is 0.510 e. The van der Waals surface area contributed by atoms with Gasteiger partial charge in [0, 0.05) is 30.9 Å². The van der Waals surface area contributed by atoms with E-state index in [0.29, 0.717) is 6.54 Å². The molecule has 2 amide bonds. The van der Waals surface area contributed by atoms with Gasteiger partial charge < -0.3 is 20.2 Å². The van der Waals surface area contributed by atoms with Crippen LogP contribution in [0.4, 0.5) is 0 Å². The number of likely N-dealkylation sites (tertiary alicyclic amines) is 1. The lowest BCUT2D eigenvalue weighted by Gasteiger charge is -2.30. The van der Waals surface area contributed by atoms with Gasteiger partial charge in [-0.3, -0.25) is 9.59 Å². The molecule has 0 bridgehead atoms. The van der Waals surface area contributed by atoms with Crippen LogP contribution in [0.3, 0.4) is 0 Å². The highest BCUT2D eigenvalue weighted by Gasteiger charge is 2.39. The fraction of sp³-hybridized carbons (Fsp3) is 0.571. The van der Waals surface area contributed by atoms with Gasteiger partial charge in [0.05, 0.1) is 18.1 Å². The first-order valence-corrected chi connectivity index (χ1v) is 6.97. The van der Waals surface area contributed by atoms with Crippen LogP contribution in [0.5, 0.6) is 0 Å². The summed E-state index contributed by atoms with van der Waals surface area (Å²) in [7, 11) is 0. The number of aliphatic hydroxyl groups is 1. The molecular weight excluding hydrogens is 258 g/mol. The van der Waals surface area contributed by atoms with Gasteiger partial charge >= 0.3 is 0 Å². The number of nitrogens with one attached hydrogen (secondary N) is 1. The third-order valence-electron chi connectivity index (χ3n) is 4.37. The predicted octanol–water partition coefficient (Wildman–Crippen LogP) is 0.135. The van der Waals surface area contributed by atoms with Crippen molar-refractivity contribution in [1.82, 2.24) is 15.1 Å². The van der Waals surface area contributed by atoms with E-state index in [-0.39, 0.29) is 35.7 Å². The smallest absolute Gasteiger partial charge is 0.250 e. The first-order chi connectivity index (χ1) is 9.47. The molecule has 0 radical (unpaired) electrons. The van der Waals surface area contributed by atoms with Crippen molar-refractivity contribution in [3.8, 4) is 0 Å². The number of aliphatic hydroxyl groups excluding tert-OH is 1. The molecule has 6 heteroatoms. The summed E-state index contributed by atoms with van der Waals surface area (Å²) in [5.41, 5.74) is 0.994. The van der Waals surface area contributed by atoms with Crippen molar-refractivity contribution in [1.29, 1.82) is 0 Å². The van der Waals surface area contributed by atoms with E-state index in [0.717, 1.165) is 18.7 Å². The van der Waals surface area contributed by atoms with Crippen LogP contribution < -0.4 is 5.32 Å². The van der Waals surface area contributed by atoms with Crippen molar-refractivity contribution >= 4 is 11.8 Å². The molecule has 0 aliphatic carbocycles. The highest BCUT2D eigenvalue weighted by atomic mass is 16.3. The molecule has 108 valence electrons. The SMILES string of the molecule is C[C@@H]1NC(=O)C=C1N1CC[C@H](N2C(=O)C=C(O)[C@@H]2C)C1. The van der Waals surface area contributed by atoms with Gasteiger partial charge in [-0.15, -0.1) is 0 Å². The van der Waals surface area contributed by atoms with Crippen molar-refractivity contribution in [3.63, 3.8) is 0 Å². The fourth-order valence-electron chi connectivity index (χ4n) is 3.31. The second kappa shape index (κ2) is 4.54. The second-order valence-corrected chi connectivity index (χ2v) is 5.68. The summed E-state index contributed by atoms with van der Waals surface area (Å²) in [4.78, 5) is 27.2. The van der Waals surface area contributed by atoms with E-state index >= 15 is 0 Å². The normalized spacial score (nSPS) is 33.6. The van der Waals surface area contributed by atoms with Gasteiger partial charge in [0.1, 0.15) is 5.76 Å². The van der Waals surface area contributed by atoms with Gasteiger partial charge in [0.2, 0.25) is 5.91 Å². The van der Waals surface area contributed by atoms with E-state index in [1.807, 2.05) is 13.8 Å². The molecule has 0 aromatic carbocycles. The van der Waals surface area contributed by atoms with Crippen LogP contribution in [0.2, 0.25) is 0 Å². The van der Waals surface area contributed by atoms with E-state index in [1.165, 1.54) is 6.08 Å². The number of carbonyl (C=O) groups excluding carboxylic acids is 2. The highest BCUT2D eigenvalue weighted by molar-refractivity contribution is 5.92. The van der Waals surface area contributed by atoms with Crippen molar-refractivity contribution in [2.45, 2.75) is 38.4 Å². The third kappa shape index (κ3) is 1.95. The lowest BCUT2D eigenvalue weighted by Crippen LogP contribution is -2.44. The molecule has 1 saturated heterocycles. The van der Waals surface area contributed by atoms with Crippen LogP contribution in [-0.2, 0) is 9.59 Å². The Morgan fingerprint density at radius 3 is 2.60 bits per heavy atom. The zero-order valence-electron chi connectivity index (χ0n) is 11.7. The summed E-state index contributed by atoms with van der Waals surface area (Å²) < 4.78 is 0. The molecule has 0 aromatic rings. The fourth-order valence-corrected chi connectivity index (χ4v) is 3.31. The number of hydrogen-bond donors (Lipinski definition) is 2. The van der Waals surface area contributed by atoms with Gasteiger partial charge in [-0.25, -0.2) is 0 Å². The minimum Gasteiger partial charge on any atom is -0.510 e. The maximum Gasteiger partial charge on any atom is 0.250 e. The topological polar surface area (TPSA) is 72.9 Å². The third-order valence-corrected chi connectivity index (χ3v) is 4.37. The van der Waals surface area contributed by atoms with Gasteiger partial charge in [-0.2, -0.15) is 0 Å². The maximum absolute atomic E-state index is 11.9. The van der Waals surface area contributed by atoms with Crippen LogP contribution in [0.15, 0.2) is 23.6 Å². The first kappa shape index (κ1) is 13.0. The van der Waals surface area contributed by atoms with Crippen LogP contribution in [0.1, 0.15) is 20.3 Å². The first-order valence-electron chi connectivity index (χ1n) is 6.97. The molecular formula is C14H19N3O3. The molecule has 20 heavy (non-hydrogen) atoms. The van der Waals surface area contributed by atoms with E-state index in [1.54, 1.807) is 11.0 Å². The average Bonchev–Trinajstić information content (AvgIpc) is 3.01. The maximum atomic E-state index is 11.9. The monoisotopic (exact) mass is 277 g/mol. The summed E-state index contributed by atoms with van der Waals surface area (Å²) in [6.45, 7) is 5.33. The van der Waals surface area contributed by atoms with Crippen LogP contribution >= 0.6 is 0 Å². The molecule has 2 N–H and O–H groups in total. The van der Waals surface area contributed by atoms with Crippen molar-refractivity contribution < 1.29 is 14.7 Å². The Morgan fingerprint density at radius 1 is 1.30 bits per heavy atom. The summed E-state index contributed by atoms with van der Waals surface area (Å²) in [6, 6.07) is -0.135. The van der Waals surface area contributed by atoms with Crippen LogP contribution in [-0.4, -0.2) is 57.9 Å². The molecule has 6 nitrogen and oxygen atoms in total. The van der Waals surface area contributed by atoms with Gasteiger partial charge in [-0.05, 0) is 20.3 Å². The lowest BCUT2D eigenvalue weighted by molar-refractivity contribution is -0.128. The number of amides is 2. The Balaban J connectivity index is 1.70. The molecule has 0 spiro atoms. The minimum absolute atomic E-state index is 0.0273. The Hall–Kier alpha value is -1.98. The van der Waals surface area contributed by atoms with E-state index in [9.17, 15) is 14.7 Å². The number of carbonyl (C=O) groups is 2. The molecule has 3 atom stereocenters. The van der Waals surface area contributed by atoms with E-state index in [2.05, 4.69) is 10.2 Å². The Kier molecular flexibility index (Phi) is 2.96. The number of hydrogen-bond acceptors (Lipinski definition) is 4. The predicted molar refractivity (Wildman–Crippen MR) is 72.7 cm³/mol. The minimum atomic E-state index is -0.248. The summed E-state index contributed by atoms with van der Waals surface area (Å²) in [5, 5.41) is 12.5. The van der Waals surface area contributed by atoms with Crippen LogP contribution in [0.25, 0.3) is 0 Å². The van der Waals surface area contributed by atoms with Gasteiger partial charge in [0.15, 0.2) is 0 Å². The highest BCUT2D eigenvalue weighted by Crippen LogP contribution is 2.28. The van der Waals surface area contributed by atoms with Crippen molar-refractivity contribution in [2.75, 3.05) is 13.1 Å². The van der Waals surface area contributed by atoms with E-state index < -0.39 is 0 Å². The molecule has 3 rings (SSSR count). The zero-order chi connectivity index (χ0) is 14.4. The molecule has 3 aliphatic heterocycles. The summed E-state index contributed by atoms with van der Waals surface area (Å²) in [5.74, 6) is -0.0378. The zero-order valence-corrected chi connectivity index (χ0v) is 11.7.